The minimum absolute atomic E-state index is 0.0524. The second kappa shape index (κ2) is 9.21. The molecule has 2 amide bonds. The number of amides is 2. The van der Waals surface area contributed by atoms with Crippen LogP contribution in [0.2, 0.25) is 5.02 Å². The van der Waals surface area contributed by atoms with Crippen molar-refractivity contribution >= 4 is 62.2 Å². The first-order valence-electron chi connectivity index (χ1n) is 8.62. The lowest BCUT2D eigenvalue weighted by molar-refractivity contribution is -0.123. The Morgan fingerprint density at radius 3 is 2.62 bits per heavy atom. The fourth-order valence-electron chi connectivity index (χ4n) is 2.62. The van der Waals surface area contributed by atoms with Gasteiger partial charge in [-0.15, -0.1) is 11.3 Å². The molecule has 1 heterocycles. The molecule has 1 aromatic heterocycles. The molecular formula is C20H18ClN3O3S2. The number of ether oxygens (including phenoxy) is 1. The zero-order valence-corrected chi connectivity index (χ0v) is 18.1. The first kappa shape index (κ1) is 21.0. The Morgan fingerprint density at radius 1 is 1.14 bits per heavy atom. The number of thiocarbonyl (C=S) groups is 1. The van der Waals surface area contributed by atoms with Crippen LogP contribution in [0.4, 0.5) is 0 Å². The van der Waals surface area contributed by atoms with Crippen LogP contribution in [-0.2, 0) is 4.79 Å². The molecule has 3 N–H and O–H groups in total. The van der Waals surface area contributed by atoms with Gasteiger partial charge in [0.25, 0.3) is 11.8 Å². The second-order valence-electron chi connectivity index (χ2n) is 6.26. The number of fused-ring (bicyclic) bond motifs is 1. The van der Waals surface area contributed by atoms with Gasteiger partial charge in [-0.25, -0.2) is 0 Å². The smallest absolute Gasteiger partial charge is 0.276 e. The highest BCUT2D eigenvalue weighted by Gasteiger charge is 2.18. The van der Waals surface area contributed by atoms with Gasteiger partial charge < -0.3 is 4.74 Å². The quantitative estimate of drug-likeness (QED) is 0.417. The fourth-order valence-corrected chi connectivity index (χ4v) is 4.17. The van der Waals surface area contributed by atoms with Gasteiger partial charge in [-0.1, -0.05) is 47.5 Å². The average Bonchev–Trinajstić information content (AvgIpc) is 3.03. The van der Waals surface area contributed by atoms with Crippen molar-refractivity contribution in [2.24, 2.45) is 0 Å². The van der Waals surface area contributed by atoms with Gasteiger partial charge in [-0.2, -0.15) is 0 Å². The maximum absolute atomic E-state index is 12.4. The third-order valence-electron chi connectivity index (χ3n) is 3.97. The number of benzene rings is 2. The normalized spacial score (nSPS) is 10.4. The van der Waals surface area contributed by atoms with Gasteiger partial charge in [-0.3, -0.25) is 25.8 Å². The van der Waals surface area contributed by atoms with Crippen molar-refractivity contribution in [3.63, 3.8) is 0 Å². The summed E-state index contributed by atoms with van der Waals surface area (Å²) in [7, 11) is 0. The number of nitrogens with one attached hydrogen (secondary N) is 3. The summed E-state index contributed by atoms with van der Waals surface area (Å²) < 4.78 is 6.39. The molecule has 0 unspecified atom stereocenters. The van der Waals surface area contributed by atoms with Gasteiger partial charge in [0.05, 0.1) is 5.02 Å². The third-order valence-corrected chi connectivity index (χ3v) is 5.85. The minimum atomic E-state index is -0.450. The lowest BCUT2D eigenvalue weighted by atomic mass is 10.1. The molecule has 0 aliphatic heterocycles. The summed E-state index contributed by atoms with van der Waals surface area (Å²) >= 11 is 12.6. The SMILES string of the molecule is Cc1ccc(OCC(=O)NNC(=S)NC(=O)c2sc3ccccc3c2Cl)c(C)c1. The molecule has 0 spiro atoms. The summed E-state index contributed by atoms with van der Waals surface area (Å²) in [6.45, 7) is 3.69. The van der Waals surface area contributed by atoms with Crippen LogP contribution in [0.3, 0.4) is 0 Å². The summed E-state index contributed by atoms with van der Waals surface area (Å²) in [5.74, 6) is -0.267. The molecule has 3 aromatic rings. The van der Waals surface area contributed by atoms with E-state index >= 15 is 0 Å². The van der Waals surface area contributed by atoms with Gasteiger partial charge in [0, 0.05) is 10.1 Å². The molecule has 0 atom stereocenters. The summed E-state index contributed by atoms with van der Waals surface area (Å²) in [6, 6.07) is 13.1. The highest BCUT2D eigenvalue weighted by Crippen LogP contribution is 2.34. The Kier molecular flexibility index (Phi) is 6.68. The lowest BCUT2D eigenvalue weighted by Crippen LogP contribution is -2.49. The van der Waals surface area contributed by atoms with Crippen LogP contribution < -0.4 is 20.9 Å². The predicted molar refractivity (Wildman–Crippen MR) is 120 cm³/mol. The largest absolute Gasteiger partial charge is 0.483 e. The Balaban J connectivity index is 1.49. The molecule has 6 nitrogen and oxygen atoms in total. The van der Waals surface area contributed by atoms with E-state index in [2.05, 4.69) is 16.2 Å². The van der Waals surface area contributed by atoms with Crippen molar-refractivity contribution in [2.45, 2.75) is 13.8 Å². The van der Waals surface area contributed by atoms with E-state index in [4.69, 9.17) is 28.6 Å². The Morgan fingerprint density at radius 2 is 1.90 bits per heavy atom. The summed E-state index contributed by atoms with van der Waals surface area (Å²) in [4.78, 5) is 24.7. The molecule has 0 saturated carbocycles. The molecule has 0 radical (unpaired) electrons. The number of halogens is 1. The number of thiophene rings is 1. The first-order chi connectivity index (χ1) is 13.8. The molecule has 3 rings (SSSR count). The maximum Gasteiger partial charge on any atom is 0.276 e. The van der Waals surface area contributed by atoms with Crippen LogP contribution in [0.1, 0.15) is 20.8 Å². The molecule has 0 bridgehead atoms. The van der Waals surface area contributed by atoms with Crippen molar-refractivity contribution in [1.82, 2.24) is 16.2 Å². The highest BCUT2D eigenvalue weighted by atomic mass is 35.5. The Hall–Kier alpha value is -2.68. The van der Waals surface area contributed by atoms with Crippen LogP contribution in [0.5, 0.6) is 5.75 Å². The van der Waals surface area contributed by atoms with E-state index < -0.39 is 11.8 Å². The Labute approximate surface area is 182 Å². The highest BCUT2D eigenvalue weighted by molar-refractivity contribution is 7.80. The molecule has 150 valence electrons. The van der Waals surface area contributed by atoms with Gasteiger partial charge in [-0.05, 0) is 43.8 Å². The first-order valence-corrected chi connectivity index (χ1v) is 10.2. The zero-order chi connectivity index (χ0) is 21.0. The van der Waals surface area contributed by atoms with Crippen molar-refractivity contribution in [2.75, 3.05) is 6.61 Å². The lowest BCUT2D eigenvalue weighted by Gasteiger charge is -2.12. The van der Waals surface area contributed by atoms with Crippen LogP contribution in [-0.4, -0.2) is 23.5 Å². The van der Waals surface area contributed by atoms with Crippen molar-refractivity contribution in [3.8, 4) is 5.75 Å². The Bertz CT molecular complexity index is 1100. The zero-order valence-electron chi connectivity index (χ0n) is 15.7. The summed E-state index contributed by atoms with van der Waals surface area (Å²) in [6.07, 6.45) is 0. The van der Waals surface area contributed by atoms with Crippen LogP contribution >= 0.6 is 35.2 Å². The number of hydrogen-bond donors (Lipinski definition) is 3. The van der Waals surface area contributed by atoms with E-state index in [1.807, 2.05) is 56.3 Å². The number of hydrogen-bond acceptors (Lipinski definition) is 5. The number of carbonyl (C=O) groups excluding carboxylic acids is 2. The monoisotopic (exact) mass is 447 g/mol. The van der Waals surface area contributed by atoms with E-state index in [0.29, 0.717) is 15.6 Å². The van der Waals surface area contributed by atoms with Crippen molar-refractivity contribution in [3.05, 3.63) is 63.5 Å². The third kappa shape index (κ3) is 5.23. The maximum atomic E-state index is 12.4. The predicted octanol–water partition coefficient (Wildman–Crippen LogP) is 3.89. The van der Waals surface area contributed by atoms with Gasteiger partial charge in [0.1, 0.15) is 10.6 Å². The second-order valence-corrected chi connectivity index (χ2v) is 8.09. The molecule has 0 aliphatic rings. The number of hydrazine groups is 1. The van der Waals surface area contributed by atoms with Crippen molar-refractivity contribution in [1.29, 1.82) is 0 Å². The number of rotatable bonds is 4. The van der Waals surface area contributed by atoms with Gasteiger partial charge >= 0.3 is 0 Å². The van der Waals surface area contributed by atoms with Crippen LogP contribution in [0, 0.1) is 13.8 Å². The summed E-state index contributed by atoms with van der Waals surface area (Å²) in [5, 5.41) is 3.62. The molecule has 0 aliphatic carbocycles. The number of aryl methyl sites for hydroxylation is 2. The van der Waals surface area contributed by atoms with E-state index in [1.54, 1.807) is 0 Å². The van der Waals surface area contributed by atoms with Gasteiger partial charge in [0.15, 0.2) is 11.7 Å². The van der Waals surface area contributed by atoms with E-state index in [0.717, 1.165) is 21.2 Å². The molecular weight excluding hydrogens is 430 g/mol. The van der Waals surface area contributed by atoms with E-state index in [9.17, 15) is 9.59 Å². The average molecular weight is 448 g/mol. The topological polar surface area (TPSA) is 79.5 Å². The molecule has 9 heteroatoms. The number of carbonyl (C=O) groups is 2. The van der Waals surface area contributed by atoms with E-state index in [-0.39, 0.29) is 11.7 Å². The molecule has 0 saturated heterocycles. The van der Waals surface area contributed by atoms with Crippen LogP contribution in [0.25, 0.3) is 10.1 Å². The standard InChI is InChI=1S/C20H18ClN3O3S2/c1-11-7-8-14(12(2)9-11)27-10-16(25)23-24-20(28)22-19(26)18-17(21)13-5-3-4-6-15(13)29-18/h3-9H,10H2,1-2H3,(H,23,25)(H2,22,24,26,28). The molecule has 2 aromatic carbocycles. The molecule has 29 heavy (non-hydrogen) atoms. The van der Waals surface area contributed by atoms with Crippen LogP contribution in [0.15, 0.2) is 42.5 Å². The van der Waals surface area contributed by atoms with Crippen molar-refractivity contribution < 1.29 is 14.3 Å². The van der Waals surface area contributed by atoms with Gasteiger partial charge in [0.2, 0.25) is 0 Å². The van der Waals surface area contributed by atoms with E-state index in [1.165, 1.54) is 11.3 Å². The molecule has 0 fully saturated rings. The minimum Gasteiger partial charge on any atom is -0.483 e. The summed E-state index contributed by atoms with van der Waals surface area (Å²) in [5.41, 5.74) is 6.91. The fraction of sp³-hybridized carbons (Fsp3) is 0.150.